The maximum Gasteiger partial charge on any atom is 0.417 e. The van der Waals surface area contributed by atoms with Crippen molar-refractivity contribution >= 4 is 23.4 Å². The van der Waals surface area contributed by atoms with Crippen LogP contribution in [-0.2, 0) is 18.1 Å². The molecule has 3 aromatic rings. The summed E-state index contributed by atoms with van der Waals surface area (Å²) in [6.07, 6.45) is -4.70. The van der Waals surface area contributed by atoms with Crippen molar-refractivity contribution in [1.29, 1.82) is 0 Å². The topological polar surface area (TPSA) is 93.5 Å². The van der Waals surface area contributed by atoms with Gasteiger partial charge in [-0.15, -0.1) is 10.2 Å². The molecule has 0 fully saturated rings. The van der Waals surface area contributed by atoms with Gasteiger partial charge in [-0.25, -0.2) is 10.3 Å². The molecule has 1 heterocycles. The van der Waals surface area contributed by atoms with Crippen molar-refractivity contribution in [3.8, 4) is 17.1 Å². The summed E-state index contributed by atoms with van der Waals surface area (Å²) >= 11 is 0. The zero-order valence-corrected chi connectivity index (χ0v) is 17.7. The molecule has 1 aromatic heterocycles. The van der Waals surface area contributed by atoms with E-state index in [1.54, 1.807) is 50.4 Å². The molecule has 0 atom stereocenters. The minimum absolute atomic E-state index is 0.0144. The summed E-state index contributed by atoms with van der Waals surface area (Å²) in [6, 6.07) is 9.68. The Labute approximate surface area is 181 Å². The fraction of sp³-hybridized carbons (Fsp3) is 0.250. The van der Waals surface area contributed by atoms with Gasteiger partial charge >= 0.3 is 12.2 Å². The molecule has 170 valence electrons. The maximum atomic E-state index is 13.8. The van der Waals surface area contributed by atoms with E-state index in [-0.39, 0.29) is 17.1 Å². The lowest BCUT2D eigenvalue weighted by Crippen LogP contribution is -2.27. The summed E-state index contributed by atoms with van der Waals surface area (Å²) < 4.78 is 48.0. The molecule has 0 aliphatic rings. The van der Waals surface area contributed by atoms with Gasteiger partial charge in [0.05, 0.1) is 19.8 Å². The highest BCUT2D eigenvalue weighted by molar-refractivity contribution is 5.89. The van der Waals surface area contributed by atoms with Gasteiger partial charge in [0.1, 0.15) is 5.75 Å². The minimum atomic E-state index is -4.70. The van der Waals surface area contributed by atoms with Crippen LogP contribution in [0.15, 0.2) is 42.5 Å². The van der Waals surface area contributed by atoms with Gasteiger partial charge in [-0.05, 0) is 42.5 Å². The number of aromatic nitrogens is 3. The number of ether oxygens (including phenoxy) is 1. The molecule has 32 heavy (non-hydrogen) atoms. The highest BCUT2D eigenvalue weighted by atomic mass is 19.4. The molecule has 12 heteroatoms. The molecule has 2 N–H and O–H groups in total. The molecular formula is C20H21F3N6O3. The smallest absolute Gasteiger partial charge is 0.417 e. The molecule has 3 rings (SSSR count). The van der Waals surface area contributed by atoms with E-state index < -0.39 is 17.8 Å². The Bertz CT molecular complexity index is 1100. The van der Waals surface area contributed by atoms with Gasteiger partial charge in [-0.2, -0.15) is 13.2 Å². The molecule has 2 amide bonds. The van der Waals surface area contributed by atoms with Crippen molar-refractivity contribution in [1.82, 2.24) is 20.2 Å². The Hall–Kier alpha value is -3.80. The lowest BCUT2D eigenvalue weighted by molar-refractivity contribution is -0.137. The Morgan fingerprint density at radius 2 is 1.78 bits per heavy atom. The second-order valence-corrected chi connectivity index (χ2v) is 6.66. The van der Waals surface area contributed by atoms with E-state index in [0.717, 1.165) is 11.8 Å². The van der Waals surface area contributed by atoms with E-state index in [1.807, 2.05) is 5.48 Å². The number of hydrogen-bond donors (Lipinski definition) is 2. The quantitative estimate of drug-likeness (QED) is 0.553. The third-order valence-corrected chi connectivity index (χ3v) is 4.63. The molecule has 2 aromatic carbocycles. The number of halogens is 3. The van der Waals surface area contributed by atoms with Crippen LogP contribution in [0.25, 0.3) is 11.4 Å². The van der Waals surface area contributed by atoms with Crippen LogP contribution in [0.4, 0.5) is 35.3 Å². The summed E-state index contributed by atoms with van der Waals surface area (Å²) in [7, 11) is 6.06. The first-order chi connectivity index (χ1) is 15.2. The third kappa shape index (κ3) is 4.75. The van der Waals surface area contributed by atoms with Gasteiger partial charge in [-0.3, -0.25) is 9.40 Å². The van der Waals surface area contributed by atoms with E-state index in [9.17, 15) is 18.0 Å². The maximum absolute atomic E-state index is 13.8. The van der Waals surface area contributed by atoms with Crippen molar-refractivity contribution in [2.24, 2.45) is 7.05 Å². The lowest BCUT2D eigenvalue weighted by atomic mass is 10.1. The summed E-state index contributed by atoms with van der Waals surface area (Å²) in [6.45, 7) is 0. The van der Waals surface area contributed by atoms with Gasteiger partial charge in [0, 0.05) is 31.0 Å². The molecule has 0 spiro atoms. The van der Waals surface area contributed by atoms with Crippen LogP contribution in [0.5, 0.6) is 5.75 Å². The van der Waals surface area contributed by atoms with Crippen LogP contribution < -0.4 is 20.4 Å². The zero-order chi connectivity index (χ0) is 23.5. The predicted molar refractivity (Wildman–Crippen MR) is 112 cm³/mol. The Balaban J connectivity index is 1.98. The highest BCUT2D eigenvalue weighted by Gasteiger charge is 2.35. The van der Waals surface area contributed by atoms with E-state index in [2.05, 4.69) is 20.4 Å². The molecule has 0 saturated carbocycles. The average Bonchev–Trinajstić information content (AvgIpc) is 3.14. The van der Waals surface area contributed by atoms with E-state index in [4.69, 9.17) is 4.74 Å². The lowest BCUT2D eigenvalue weighted by Gasteiger charge is -2.19. The van der Waals surface area contributed by atoms with Gasteiger partial charge in [0.2, 0.25) is 5.95 Å². The monoisotopic (exact) mass is 450 g/mol. The second-order valence-electron chi connectivity index (χ2n) is 6.66. The summed E-state index contributed by atoms with van der Waals surface area (Å²) in [5, 5.41) is 10.3. The summed E-state index contributed by atoms with van der Waals surface area (Å²) in [5.74, 6) is 1.02. The van der Waals surface area contributed by atoms with Crippen LogP contribution >= 0.6 is 0 Å². The molecule has 0 bridgehead atoms. The molecule has 0 aliphatic heterocycles. The van der Waals surface area contributed by atoms with Crippen LogP contribution in [0.3, 0.4) is 0 Å². The van der Waals surface area contributed by atoms with E-state index >= 15 is 0 Å². The number of carbonyl (C=O) groups excluding carboxylic acids is 1. The first-order valence-corrected chi connectivity index (χ1v) is 9.24. The number of methoxy groups -OCH3 is 1. The van der Waals surface area contributed by atoms with E-state index in [0.29, 0.717) is 11.7 Å². The number of anilines is 3. The summed E-state index contributed by atoms with van der Waals surface area (Å²) in [5.41, 5.74) is 1.51. The molecule has 0 saturated heterocycles. The number of hydroxylamine groups is 1. The minimum Gasteiger partial charge on any atom is -0.497 e. The van der Waals surface area contributed by atoms with Crippen LogP contribution in [0.2, 0.25) is 0 Å². The fourth-order valence-electron chi connectivity index (χ4n) is 3.07. The standard InChI is InChI=1S/C20H21F3N6O3/c1-28(13-6-8-14(31-3)9-7-13)19-26-25-17(29(19)2)15-10-5-12(24-18(30)27-32-4)11-16(15)20(21,22)23/h5-11H,1-4H3,(H2,24,27,30). The second kappa shape index (κ2) is 9.14. The number of benzene rings is 2. The van der Waals surface area contributed by atoms with Gasteiger partial charge in [0.25, 0.3) is 0 Å². The van der Waals surface area contributed by atoms with Crippen molar-refractivity contribution in [2.45, 2.75) is 6.18 Å². The number of nitrogens with one attached hydrogen (secondary N) is 2. The number of urea groups is 1. The Kier molecular flexibility index (Phi) is 6.53. The molecular weight excluding hydrogens is 429 g/mol. The molecule has 0 aliphatic carbocycles. The van der Waals surface area contributed by atoms with Crippen LogP contribution in [0, 0.1) is 0 Å². The van der Waals surface area contributed by atoms with Crippen molar-refractivity contribution in [3.63, 3.8) is 0 Å². The molecule has 0 unspecified atom stereocenters. The number of nitrogens with zero attached hydrogens (tertiary/aromatic N) is 4. The van der Waals surface area contributed by atoms with Gasteiger partial charge < -0.3 is 15.0 Å². The average molecular weight is 450 g/mol. The first-order valence-electron chi connectivity index (χ1n) is 9.24. The fourth-order valence-corrected chi connectivity index (χ4v) is 3.07. The highest BCUT2D eigenvalue weighted by Crippen LogP contribution is 2.39. The Morgan fingerprint density at radius 1 is 1.09 bits per heavy atom. The third-order valence-electron chi connectivity index (χ3n) is 4.63. The van der Waals surface area contributed by atoms with Crippen LogP contribution in [-0.4, -0.2) is 42.1 Å². The molecule has 0 radical (unpaired) electrons. The first kappa shape index (κ1) is 22.9. The normalized spacial score (nSPS) is 11.2. The van der Waals surface area contributed by atoms with E-state index in [1.165, 1.54) is 23.8 Å². The number of rotatable bonds is 6. The van der Waals surface area contributed by atoms with Crippen LogP contribution in [0.1, 0.15) is 5.56 Å². The van der Waals surface area contributed by atoms with Gasteiger partial charge in [0.15, 0.2) is 5.82 Å². The number of amides is 2. The number of alkyl halides is 3. The predicted octanol–water partition coefficient (Wildman–Crippen LogP) is 3.96. The van der Waals surface area contributed by atoms with Crippen molar-refractivity contribution < 1.29 is 27.5 Å². The number of hydrogen-bond acceptors (Lipinski definition) is 6. The summed E-state index contributed by atoms with van der Waals surface area (Å²) in [4.78, 5) is 17.7. The zero-order valence-electron chi connectivity index (χ0n) is 17.7. The largest absolute Gasteiger partial charge is 0.497 e. The van der Waals surface area contributed by atoms with Gasteiger partial charge in [-0.1, -0.05) is 0 Å². The Morgan fingerprint density at radius 3 is 2.38 bits per heavy atom. The number of carbonyl (C=O) groups is 1. The van der Waals surface area contributed by atoms with Crippen molar-refractivity contribution in [3.05, 3.63) is 48.0 Å². The SMILES string of the molecule is CONC(=O)Nc1ccc(-c2nnc(N(C)c3ccc(OC)cc3)n2C)c(C(F)(F)F)c1. The molecule has 9 nitrogen and oxygen atoms in total. The van der Waals surface area contributed by atoms with Crippen molar-refractivity contribution in [2.75, 3.05) is 31.5 Å².